The van der Waals surface area contributed by atoms with Crippen molar-refractivity contribution in [2.75, 3.05) is 26.2 Å². The number of likely N-dealkylation sites (tertiary alicyclic amines) is 1. The summed E-state index contributed by atoms with van der Waals surface area (Å²) in [6, 6.07) is 14.1. The fourth-order valence-electron chi connectivity index (χ4n) is 6.24. The van der Waals surface area contributed by atoms with Crippen LogP contribution >= 0.6 is 0 Å². The molecule has 2 N–H and O–H groups in total. The van der Waals surface area contributed by atoms with E-state index in [1.165, 1.54) is 12.1 Å². The summed E-state index contributed by atoms with van der Waals surface area (Å²) in [6.07, 6.45) is 1.59. The number of hydrogen-bond donors (Lipinski definition) is 2. The predicted octanol–water partition coefficient (Wildman–Crippen LogP) is 2.70. The number of para-hydroxylation sites is 2. The van der Waals surface area contributed by atoms with Crippen molar-refractivity contribution in [2.45, 2.75) is 51.4 Å². The lowest BCUT2D eigenvalue weighted by molar-refractivity contribution is -0.384. The lowest BCUT2D eigenvalue weighted by Gasteiger charge is -2.33. The number of aliphatic hydroxyl groups excluding tert-OH is 1. The monoisotopic (exact) mass is 559 g/mol. The van der Waals surface area contributed by atoms with E-state index in [1.54, 1.807) is 24.0 Å². The Kier molecular flexibility index (Phi) is 7.18. The number of nitro benzene ring substituents is 1. The van der Waals surface area contributed by atoms with Gasteiger partial charge in [-0.15, -0.1) is 0 Å². The smallest absolute Gasteiger partial charge is 0.326 e. The molecule has 41 heavy (non-hydrogen) atoms. The van der Waals surface area contributed by atoms with E-state index in [1.807, 2.05) is 33.5 Å². The number of aromatic nitrogens is 4. The Labute approximate surface area is 235 Å². The third-order valence-electron chi connectivity index (χ3n) is 8.33. The maximum absolute atomic E-state index is 12.6. The minimum atomic E-state index is -0.665. The molecule has 0 saturated carbocycles. The zero-order chi connectivity index (χ0) is 28.7. The predicted molar refractivity (Wildman–Crippen MR) is 152 cm³/mol. The van der Waals surface area contributed by atoms with Gasteiger partial charge in [-0.3, -0.25) is 24.2 Å². The number of carbonyl (C=O) groups excluding carboxylic acids is 1. The molecule has 4 heterocycles. The molecule has 0 bridgehead atoms. The molecule has 2 aromatic heterocycles. The Morgan fingerprint density at radius 3 is 2.56 bits per heavy atom. The maximum atomic E-state index is 12.6. The Balaban J connectivity index is 1.15. The number of non-ortho nitro benzene ring substituents is 1. The van der Waals surface area contributed by atoms with Crippen LogP contribution in [-0.4, -0.2) is 77.4 Å². The van der Waals surface area contributed by atoms with Gasteiger partial charge in [-0.1, -0.05) is 12.1 Å². The second kappa shape index (κ2) is 10.9. The van der Waals surface area contributed by atoms with E-state index in [4.69, 9.17) is 5.10 Å². The lowest BCUT2D eigenvalue weighted by Crippen LogP contribution is -2.42. The molecule has 1 unspecified atom stereocenters. The number of carbonyl (C=O) groups is 1. The van der Waals surface area contributed by atoms with Crippen molar-refractivity contribution in [1.29, 1.82) is 0 Å². The van der Waals surface area contributed by atoms with E-state index in [2.05, 4.69) is 9.88 Å². The average molecular weight is 560 g/mol. The van der Waals surface area contributed by atoms with Gasteiger partial charge in [0.2, 0.25) is 5.91 Å². The molecule has 12 heteroatoms. The second-order valence-corrected chi connectivity index (χ2v) is 11.0. The molecule has 1 amide bonds. The zero-order valence-corrected chi connectivity index (χ0v) is 22.9. The maximum Gasteiger partial charge on any atom is 0.326 e. The van der Waals surface area contributed by atoms with Crippen molar-refractivity contribution in [3.63, 3.8) is 0 Å². The number of piperidine rings is 1. The van der Waals surface area contributed by atoms with Crippen LogP contribution in [0.3, 0.4) is 0 Å². The number of nitro groups is 1. The number of aliphatic hydroxyl groups is 1. The molecule has 1 fully saturated rings. The van der Waals surface area contributed by atoms with Crippen molar-refractivity contribution in [1.82, 2.24) is 29.1 Å². The van der Waals surface area contributed by atoms with Crippen LogP contribution in [0.25, 0.3) is 22.3 Å². The van der Waals surface area contributed by atoms with Crippen molar-refractivity contribution in [2.24, 2.45) is 0 Å². The van der Waals surface area contributed by atoms with Crippen LogP contribution in [0, 0.1) is 10.1 Å². The van der Waals surface area contributed by atoms with Crippen LogP contribution in [0.1, 0.15) is 37.1 Å². The van der Waals surface area contributed by atoms with Gasteiger partial charge >= 0.3 is 5.69 Å². The molecule has 6 rings (SSSR count). The molecule has 4 aromatic rings. The molecular formula is C29H33N7O5. The number of imidazole rings is 1. The quantitative estimate of drug-likeness (QED) is 0.262. The normalized spacial score (nSPS) is 17.1. The highest BCUT2D eigenvalue weighted by molar-refractivity contribution is 5.75. The largest absolute Gasteiger partial charge is 0.390 e. The van der Waals surface area contributed by atoms with Crippen LogP contribution < -0.4 is 5.69 Å². The molecule has 2 aromatic carbocycles. The Hall–Kier alpha value is -4.29. The van der Waals surface area contributed by atoms with Crippen molar-refractivity contribution >= 4 is 22.6 Å². The summed E-state index contributed by atoms with van der Waals surface area (Å²) in [5.74, 6) is -0.0172. The van der Waals surface area contributed by atoms with Crippen molar-refractivity contribution < 1.29 is 14.8 Å². The molecule has 2 aliphatic heterocycles. The van der Waals surface area contributed by atoms with Gasteiger partial charge in [0.15, 0.2) is 0 Å². The zero-order valence-electron chi connectivity index (χ0n) is 22.9. The number of nitrogens with one attached hydrogen (secondary N) is 1. The number of hydrogen-bond acceptors (Lipinski definition) is 7. The molecule has 0 aliphatic carbocycles. The summed E-state index contributed by atoms with van der Waals surface area (Å²) in [5.41, 5.74) is 4.99. The van der Waals surface area contributed by atoms with E-state index in [-0.39, 0.29) is 23.3 Å². The van der Waals surface area contributed by atoms with Gasteiger partial charge < -0.3 is 19.9 Å². The first-order valence-electron chi connectivity index (χ1n) is 14.0. The number of H-pyrrole nitrogens is 1. The van der Waals surface area contributed by atoms with Crippen LogP contribution in [0.4, 0.5) is 5.69 Å². The van der Waals surface area contributed by atoms with E-state index >= 15 is 0 Å². The first-order chi connectivity index (χ1) is 19.8. The number of nitrogens with zero attached hydrogens (tertiary/aromatic N) is 6. The molecule has 12 nitrogen and oxygen atoms in total. The van der Waals surface area contributed by atoms with Crippen LogP contribution in [0.5, 0.6) is 0 Å². The first-order valence-corrected chi connectivity index (χ1v) is 14.0. The van der Waals surface area contributed by atoms with Crippen molar-refractivity contribution in [3.05, 3.63) is 80.4 Å². The molecule has 0 radical (unpaired) electrons. The summed E-state index contributed by atoms with van der Waals surface area (Å²) >= 11 is 0. The molecule has 2 aliphatic rings. The third kappa shape index (κ3) is 5.27. The topological polar surface area (TPSA) is 143 Å². The highest BCUT2D eigenvalue weighted by Crippen LogP contribution is 2.32. The summed E-state index contributed by atoms with van der Waals surface area (Å²) in [7, 11) is 0. The molecule has 0 spiro atoms. The summed E-state index contributed by atoms with van der Waals surface area (Å²) in [6.45, 7) is 4.86. The molecule has 214 valence electrons. The minimum absolute atomic E-state index is 0.00109. The SMILES string of the molecule is CC(=O)N1CCc2c(c(-c3ccc([N+](=O)[O-])cc3)nn2CC(O)CN2CCC(n3c(=O)[nH]c4ccccc43)CC2)C1. The standard InChI is InChI=1S/C29H33N7O5/c1-19(37)33-15-12-26-24(18-33)28(20-6-8-22(9-7-20)36(40)41)31-34(26)17-23(38)16-32-13-10-21(11-14-32)35-27-5-3-2-4-25(27)30-29(35)39/h2-9,21,23,38H,10-18H2,1H3,(H,30,39). The van der Waals surface area contributed by atoms with Gasteiger partial charge in [0, 0.05) is 81.1 Å². The van der Waals surface area contributed by atoms with Crippen LogP contribution in [0.15, 0.2) is 53.3 Å². The van der Waals surface area contributed by atoms with Gasteiger partial charge in [0.25, 0.3) is 5.69 Å². The highest BCUT2D eigenvalue weighted by Gasteiger charge is 2.29. The Bertz CT molecular complexity index is 1650. The summed E-state index contributed by atoms with van der Waals surface area (Å²) in [4.78, 5) is 42.4. The van der Waals surface area contributed by atoms with E-state index in [0.29, 0.717) is 38.3 Å². The van der Waals surface area contributed by atoms with E-state index < -0.39 is 11.0 Å². The van der Waals surface area contributed by atoms with E-state index in [9.17, 15) is 24.8 Å². The van der Waals surface area contributed by atoms with Gasteiger partial charge in [-0.25, -0.2) is 4.79 Å². The van der Waals surface area contributed by atoms with Gasteiger partial charge in [0.05, 0.1) is 34.3 Å². The fraction of sp³-hybridized carbons (Fsp3) is 0.414. The van der Waals surface area contributed by atoms with Gasteiger partial charge in [-0.05, 0) is 37.1 Å². The van der Waals surface area contributed by atoms with E-state index in [0.717, 1.165) is 53.8 Å². The third-order valence-corrected chi connectivity index (χ3v) is 8.33. The number of rotatable bonds is 7. The van der Waals surface area contributed by atoms with Gasteiger partial charge in [0.1, 0.15) is 0 Å². The Morgan fingerprint density at radius 2 is 1.85 bits per heavy atom. The van der Waals surface area contributed by atoms with Gasteiger partial charge in [-0.2, -0.15) is 5.10 Å². The number of aromatic amines is 1. The Morgan fingerprint density at radius 1 is 1.12 bits per heavy atom. The number of β-amino-alcohol motifs (C(OH)–C–C–N with tert-alkyl or cyclic N) is 1. The highest BCUT2D eigenvalue weighted by atomic mass is 16.6. The van der Waals surface area contributed by atoms with Crippen LogP contribution in [-0.2, 0) is 24.3 Å². The first kappa shape index (κ1) is 26.9. The summed E-state index contributed by atoms with van der Waals surface area (Å²) < 4.78 is 3.70. The molecular weight excluding hydrogens is 526 g/mol. The van der Waals surface area contributed by atoms with Crippen LogP contribution in [0.2, 0.25) is 0 Å². The molecule has 1 atom stereocenters. The molecule has 1 saturated heterocycles. The lowest BCUT2D eigenvalue weighted by atomic mass is 10.0. The number of benzene rings is 2. The fourth-order valence-corrected chi connectivity index (χ4v) is 6.24. The number of fused-ring (bicyclic) bond motifs is 2. The second-order valence-electron chi connectivity index (χ2n) is 11.0. The average Bonchev–Trinajstić information content (AvgIpc) is 3.49. The minimum Gasteiger partial charge on any atom is -0.390 e. The van der Waals surface area contributed by atoms with Crippen molar-refractivity contribution in [3.8, 4) is 11.3 Å². The number of amides is 1. The summed E-state index contributed by atoms with van der Waals surface area (Å²) in [5, 5.41) is 27.1.